The van der Waals surface area contributed by atoms with Gasteiger partial charge in [-0.25, -0.2) is 18.1 Å². The maximum Gasteiger partial charge on any atom is 0.241 e. The number of fused-ring (bicyclic) bond motifs is 1. The van der Waals surface area contributed by atoms with E-state index < -0.39 is 10.0 Å². The Kier molecular flexibility index (Phi) is 8.06. The van der Waals surface area contributed by atoms with Crippen molar-refractivity contribution in [3.8, 4) is 0 Å². The Hall–Kier alpha value is -2.23. The molecule has 0 saturated heterocycles. The van der Waals surface area contributed by atoms with Crippen LogP contribution in [-0.4, -0.2) is 45.1 Å². The number of para-hydroxylation sites is 1. The zero-order chi connectivity index (χ0) is 24.1. The normalized spacial score (nSPS) is 18.7. The summed E-state index contributed by atoms with van der Waals surface area (Å²) in [6.07, 6.45) is 4.13. The van der Waals surface area contributed by atoms with Gasteiger partial charge in [0.15, 0.2) is 0 Å². The minimum Gasteiger partial charge on any atom is -0.359 e. The summed E-state index contributed by atoms with van der Waals surface area (Å²) in [6, 6.07) is 15.0. The summed E-state index contributed by atoms with van der Waals surface area (Å²) >= 11 is 3.33. The van der Waals surface area contributed by atoms with Gasteiger partial charge in [-0.1, -0.05) is 24.3 Å². The molecule has 0 amide bonds. The third-order valence-corrected chi connectivity index (χ3v) is 9.06. The second-order valence-corrected chi connectivity index (χ2v) is 11.5. The van der Waals surface area contributed by atoms with Crippen LogP contribution in [0.4, 0.5) is 11.8 Å². The molecule has 3 aromatic rings. The maximum absolute atomic E-state index is 12.6. The minimum absolute atomic E-state index is 0.288. The highest BCUT2D eigenvalue weighted by Crippen LogP contribution is 2.30. The molecule has 0 radical (unpaired) electrons. The van der Waals surface area contributed by atoms with Crippen LogP contribution in [-0.2, 0) is 10.0 Å². The summed E-state index contributed by atoms with van der Waals surface area (Å²) in [6.45, 7) is 4.28. The predicted molar refractivity (Wildman–Crippen MR) is 142 cm³/mol. The quantitative estimate of drug-likeness (QED) is 0.391. The molecule has 1 aliphatic carbocycles. The van der Waals surface area contributed by atoms with Crippen molar-refractivity contribution in [3.63, 3.8) is 0 Å². The van der Waals surface area contributed by atoms with E-state index in [0.717, 1.165) is 55.5 Å². The van der Waals surface area contributed by atoms with Crippen LogP contribution >= 0.6 is 15.9 Å². The second-order valence-electron chi connectivity index (χ2n) is 8.95. The van der Waals surface area contributed by atoms with E-state index in [0.29, 0.717) is 28.8 Å². The van der Waals surface area contributed by atoms with E-state index in [-0.39, 0.29) is 4.90 Å². The average Bonchev–Trinajstić information content (AvgIpc) is 2.86. The lowest BCUT2D eigenvalue weighted by atomic mass is 9.82. The number of benzene rings is 2. The first-order valence-electron chi connectivity index (χ1n) is 11.8. The van der Waals surface area contributed by atoms with Crippen molar-refractivity contribution in [2.75, 3.05) is 36.9 Å². The topological polar surface area (TPSA) is 87.2 Å². The lowest BCUT2D eigenvalue weighted by Gasteiger charge is -2.29. The average molecular weight is 547 g/mol. The summed E-state index contributed by atoms with van der Waals surface area (Å²) in [5.41, 5.74) is 0.941. The number of aromatic nitrogens is 2. The van der Waals surface area contributed by atoms with Gasteiger partial charge < -0.3 is 10.2 Å². The number of nitrogens with one attached hydrogen (secondary N) is 2. The molecule has 0 spiro atoms. The molecule has 182 valence electrons. The summed E-state index contributed by atoms with van der Waals surface area (Å²) < 4.78 is 28.7. The van der Waals surface area contributed by atoms with E-state index in [2.05, 4.69) is 43.9 Å². The summed E-state index contributed by atoms with van der Waals surface area (Å²) in [7, 11) is -1.47. The first-order chi connectivity index (χ1) is 16.4. The lowest BCUT2D eigenvalue weighted by Crippen LogP contribution is -2.32. The number of nitrogens with zero attached hydrogens (tertiary/aromatic N) is 3. The van der Waals surface area contributed by atoms with E-state index in [1.165, 1.54) is 0 Å². The van der Waals surface area contributed by atoms with Crippen LogP contribution in [0.1, 0.15) is 32.6 Å². The van der Waals surface area contributed by atoms with Crippen molar-refractivity contribution >= 4 is 48.6 Å². The van der Waals surface area contributed by atoms with Crippen molar-refractivity contribution in [1.29, 1.82) is 0 Å². The summed E-state index contributed by atoms with van der Waals surface area (Å²) in [5, 5.41) is 4.52. The Bertz CT molecular complexity index is 1230. The largest absolute Gasteiger partial charge is 0.359 e. The van der Waals surface area contributed by atoms with Crippen LogP contribution in [0.5, 0.6) is 0 Å². The zero-order valence-corrected chi connectivity index (χ0v) is 22.1. The zero-order valence-electron chi connectivity index (χ0n) is 19.7. The molecular weight excluding hydrogens is 514 g/mol. The number of hydrogen-bond donors (Lipinski definition) is 2. The standard InChI is InChI=1S/C25H32BrN5O2S/c1-3-31(2)24-20-8-4-6-10-22(20)29-25(30-24)27-16-18-12-14-19(15-13-18)17-28-34(32,33)23-11-7-5-9-21(23)26/h4-11,18-19,28H,3,12-17H2,1-2H3,(H,27,29,30)/t18-,19-. The van der Waals surface area contributed by atoms with Gasteiger partial charge in [0.05, 0.1) is 10.4 Å². The molecule has 1 aromatic heterocycles. The van der Waals surface area contributed by atoms with Crippen LogP contribution in [0.15, 0.2) is 57.9 Å². The molecule has 1 saturated carbocycles. The molecule has 1 heterocycles. The van der Waals surface area contributed by atoms with Gasteiger partial charge in [0.2, 0.25) is 16.0 Å². The van der Waals surface area contributed by atoms with Crippen LogP contribution in [0.3, 0.4) is 0 Å². The number of sulfonamides is 1. The smallest absolute Gasteiger partial charge is 0.241 e. The number of halogens is 1. The Morgan fingerprint density at radius 3 is 2.32 bits per heavy atom. The molecule has 7 nitrogen and oxygen atoms in total. The highest BCUT2D eigenvalue weighted by Gasteiger charge is 2.24. The minimum atomic E-state index is -3.51. The molecule has 0 atom stereocenters. The number of hydrogen-bond acceptors (Lipinski definition) is 6. The molecular formula is C25H32BrN5O2S. The lowest BCUT2D eigenvalue weighted by molar-refractivity contribution is 0.284. The van der Waals surface area contributed by atoms with Crippen molar-refractivity contribution in [3.05, 3.63) is 53.0 Å². The van der Waals surface area contributed by atoms with E-state index in [1.807, 2.05) is 31.3 Å². The fourth-order valence-corrected chi connectivity index (χ4v) is 6.54. The van der Waals surface area contributed by atoms with Crippen molar-refractivity contribution in [2.45, 2.75) is 37.5 Å². The number of anilines is 2. The van der Waals surface area contributed by atoms with Gasteiger partial charge in [-0.3, -0.25) is 0 Å². The van der Waals surface area contributed by atoms with Gasteiger partial charge in [-0.05, 0) is 84.6 Å². The van der Waals surface area contributed by atoms with E-state index in [9.17, 15) is 8.42 Å². The molecule has 0 bridgehead atoms. The van der Waals surface area contributed by atoms with Gasteiger partial charge >= 0.3 is 0 Å². The molecule has 4 rings (SSSR count). The van der Waals surface area contributed by atoms with Gasteiger partial charge in [-0.15, -0.1) is 0 Å². The van der Waals surface area contributed by atoms with Crippen molar-refractivity contribution < 1.29 is 8.42 Å². The van der Waals surface area contributed by atoms with Gasteiger partial charge in [0.1, 0.15) is 5.82 Å². The first-order valence-corrected chi connectivity index (χ1v) is 14.1. The molecule has 0 aliphatic heterocycles. The SMILES string of the molecule is CCN(C)c1nc(NC[C@H]2CC[C@H](CNS(=O)(=O)c3ccccc3Br)CC2)nc2ccccc12. The van der Waals surface area contributed by atoms with Crippen LogP contribution in [0.2, 0.25) is 0 Å². The Morgan fingerprint density at radius 2 is 1.62 bits per heavy atom. The van der Waals surface area contributed by atoms with E-state index in [1.54, 1.807) is 18.2 Å². The van der Waals surface area contributed by atoms with Crippen molar-refractivity contribution in [1.82, 2.24) is 14.7 Å². The van der Waals surface area contributed by atoms with Gasteiger partial charge in [-0.2, -0.15) is 4.98 Å². The molecule has 0 unspecified atom stereocenters. The van der Waals surface area contributed by atoms with Crippen LogP contribution in [0.25, 0.3) is 10.9 Å². The predicted octanol–water partition coefficient (Wildman–Crippen LogP) is 5.05. The van der Waals surface area contributed by atoms with E-state index in [4.69, 9.17) is 9.97 Å². The third kappa shape index (κ3) is 5.87. The third-order valence-electron chi connectivity index (χ3n) is 6.62. The van der Waals surface area contributed by atoms with Crippen LogP contribution < -0.4 is 14.9 Å². The molecule has 2 N–H and O–H groups in total. The highest BCUT2D eigenvalue weighted by molar-refractivity contribution is 9.10. The number of rotatable bonds is 9. The second kappa shape index (κ2) is 11.0. The van der Waals surface area contributed by atoms with Crippen LogP contribution in [0, 0.1) is 11.8 Å². The first kappa shape index (κ1) is 24.9. The molecule has 34 heavy (non-hydrogen) atoms. The summed E-state index contributed by atoms with van der Waals surface area (Å²) in [5.74, 6) is 2.49. The molecule has 1 aliphatic rings. The Balaban J connectivity index is 1.30. The fraction of sp³-hybridized carbons (Fsp3) is 0.440. The van der Waals surface area contributed by atoms with Gasteiger partial charge in [0.25, 0.3) is 0 Å². The molecule has 1 fully saturated rings. The fourth-order valence-electron chi connectivity index (χ4n) is 4.42. The summed E-state index contributed by atoms with van der Waals surface area (Å²) in [4.78, 5) is 11.9. The maximum atomic E-state index is 12.6. The highest BCUT2D eigenvalue weighted by atomic mass is 79.9. The Morgan fingerprint density at radius 1 is 0.971 bits per heavy atom. The van der Waals surface area contributed by atoms with Crippen molar-refractivity contribution in [2.24, 2.45) is 11.8 Å². The van der Waals surface area contributed by atoms with E-state index >= 15 is 0 Å². The van der Waals surface area contributed by atoms with Gasteiger partial charge in [0, 0.05) is 36.5 Å². The monoisotopic (exact) mass is 545 g/mol. The Labute approximate surface area is 210 Å². The molecule has 9 heteroatoms. The molecule has 2 aromatic carbocycles.